The van der Waals surface area contributed by atoms with E-state index in [4.69, 9.17) is 0 Å². The predicted octanol–water partition coefficient (Wildman–Crippen LogP) is 2.48. The van der Waals surface area contributed by atoms with Crippen LogP contribution in [0.3, 0.4) is 0 Å². The smallest absolute Gasteiger partial charge is 0.122 e. The lowest BCUT2D eigenvalue weighted by atomic mass is 9.83. The summed E-state index contributed by atoms with van der Waals surface area (Å²) in [5, 5.41) is 3.69. The van der Waals surface area contributed by atoms with Gasteiger partial charge < -0.3 is 9.88 Å². The molecule has 0 saturated heterocycles. The summed E-state index contributed by atoms with van der Waals surface area (Å²) in [6.45, 7) is 0.922. The highest BCUT2D eigenvalue weighted by molar-refractivity contribution is 4.93. The third kappa shape index (κ3) is 2.71. The zero-order valence-electron chi connectivity index (χ0n) is 10.7. The van der Waals surface area contributed by atoms with Crippen LogP contribution in [0.2, 0.25) is 0 Å². The topological polar surface area (TPSA) is 29.9 Å². The first kappa shape index (κ1) is 11.3. The number of hydrogen-bond acceptors (Lipinski definition) is 2. The highest BCUT2D eigenvalue weighted by atomic mass is 15.1. The normalized spacial score (nSPS) is 29.5. The minimum absolute atomic E-state index is 0.728. The minimum Gasteiger partial charge on any atom is -0.337 e. The van der Waals surface area contributed by atoms with Crippen molar-refractivity contribution in [3.63, 3.8) is 0 Å². The van der Waals surface area contributed by atoms with E-state index in [1.165, 1.54) is 38.5 Å². The molecule has 2 atom stereocenters. The van der Waals surface area contributed by atoms with Crippen molar-refractivity contribution in [2.45, 2.75) is 51.1 Å². The van der Waals surface area contributed by atoms with Crippen LogP contribution in [0.4, 0.5) is 0 Å². The summed E-state index contributed by atoms with van der Waals surface area (Å²) in [6.07, 6.45) is 12.5. The predicted molar refractivity (Wildman–Crippen MR) is 68.5 cm³/mol. The molecule has 0 radical (unpaired) electrons. The Morgan fingerprint density at radius 3 is 2.88 bits per heavy atom. The maximum Gasteiger partial charge on any atom is 0.122 e. The lowest BCUT2D eigenvalue weighted by Crippen LogP contribution is -2.34. The Kier molecular flexibility index (Phi) is 3.19. The van der Waals surface area contributed by atoms with Crippen LogP contribution in [0, 0.1) is 11.8 Å². The van der Waals surface area contributed by atoms with Crippen LogP contribution in [0.15, 0.2) is 12.4 Å². The van der Waals surface area contributed by atoms with Gasteiger partial charge >= 0.3 is 0 Å². The Morgan fingerprint density at radius 1 is 1.29 bits per heavy atom. The first-order valence-electron chi connectivity index (χ1n) is 7.02. The molecule has 2 aliphatic carbocycles. The van der Waals surface area contributed by atoms with Gasteiger partial charge in [0.25, 0.3) is 0 Å². The molecule has 0 aromatic carbocycles. The maximum absolute atomic E-state index is 4.37. The van der Waals surface area contributed by atoms with Crippen LogP contribution in [0.1, 0.15) is 44.3 Å². The molecule has 2 aliphatic rings. The van der Waals surface area contributed by atoms with Gasteiger partial charge in [0.05, 0.1) is 6.54 Å². The van der Waals surface area contributed by atoms with Gasteiger partial charge in [-0.3, -0.25) is 0 Å². The summed E-state index contributed by atoms with van der Waals surface area (Å²) >= 11 is 0. The minimum atomic E-state index is 0.728. The van der Waals surface area contributed by atoms with E-state index in [-0.39, 0.29) is 0 Å². The molecule has 0 aliphatic heterocycles. The Balaban J connectivity index is 1.49. The molecule has 3 rings (SSSR count). The average molecular weight is 233 g/mol. The zero-order chi connectivity index (χ0) is 11.7. The Bertz CT molecular complexity index is 367. The van der Waals surface area contributed by atoms with Crippen molar-refractivity contribution in [1.82, 2.24) is 14.9 Å². The van der Waals surface area contributed by atoms with Crippen LogP contribution in [-0.4, -0.2) is 15.6 Å². The van der Waals surface area contributed by atoms with Crippen molar-refractivity contribution >= 4 is 0 Å². The largest absolute Gasteiger partial charge is 0.337 e. The van der Waals surface area contributed by atoms with Crippen LogP contribution < -0.4 is 5.32 Å². The van der Waals surface area contributed by atoms with Crippen molar-refractivity contribution in [3.05, 3.63) is 18.2 Å². The molecular weight excluding hydrogens is 210 g/mol. The van der Waals surface area contributed by atoms with Gasteiger partial charge in [0.2, 0.25) is 0 Å². The fourth-order valence-corrected chi connectivity index (χ4v) is 3.21. The highest BCUT2D eigenvalue weighted by Crippen LogP contribution is 2.43. The Hall–Kier alpha value is -0.830. The number of imidazole rings is 1. The van der Waals surface area contributed by atoms with Crippen molar-refractivity contribution in [2.24, 2.45) is 18.9 Å². The first-order chi connectivity index (χ1) is 8.33. The lowest BCUT2D eigenvalue weighted by molar-refractivity contribution is 0.258. The van der Waals surface area contributed by atoms with Gasteiger partial charge in [-0.15, -0.1) is 0 Å². The molecule has 1 heterocycles. The van der Waals surface area contributed by atoms with E-state index in [1.54, 1.807) is 0 Å². The van der Waals surface area contributed by atoms with Crippen molar-refractivity contribution < 1.29 is 0 Å². The van der Waals surface area contributed by atoms with Crippen molar-refractivity contribution in [2.75, 3.05) is 0 Å². The van der Waals surface area contributed by atoms with Crippen LogP contribution in [-0.2, 0) is 13.6 Å². The number of hydrogen-bond donors (Lipinski definition) is 1. The third-order valence-corrected chi connectivity index (χ3v) is 4.47. The number of nitrogens with one attached hydrogen (secondary N) is 1. The molecular formula is C14H23N3. The van der Waals surface area contributed by atoms with Gasteiger partial charge in [-0.25, -0.2) is 4.98 Å². The molecule has 17 heavy (non-hydrogen) atoms. The van der Waals surface area contributed by atoms with E-state index in [9.17, 15) is 0 Å². The van der Waals surface area contributed by atoms with Crippen LogP contribution in [0.5, 0.6) is 0 Å². The fraction of sp³-hybridized carbons (Fsp3) is 0.786. The van der Waals surface area contributed by atoms with E-state index in [0.717, 1.165) is 30.2 Å². The second-order valence-corrected chi connectivity index (χ2v) is 5.80. The molecule has 3 nitrogen and oxygen atoms in total. The summed E-state index contributed by atoms with van der Waals surface area (Å²) in [4.78, 5) is 4.37. The summed E-state index contributed by atoms with van der Waals surface area (Å²) in [5.74, 6) is 3.24. The monoisotopic (exact) mass is 233 g/mol. The standard InChI is InChI=1S/C14H23N3/c1-17-8-7-15-14(17)10-16-13-4-2-3-12(9-13)11-5-6-11/h7-8,11-13,16H,2-6,9-10H2,1H3. The Morgan fingerprint density at radius 2 is 2.18 bits per heavy atom. The zero-order valence-corrected chi connectivity index (χ0v) is 10.7. The van der Waals surface area contributed by atoms with E-state index >= 15 is 0 Å². The first-order valence-corrected chi connectivity index (χ1v) is 7.02. The number of aromatic nitrogens is 2. The van der Waals surface area contributed by atoms with Crippen LogP contribution >= 0.6 is 0 Å². The quantitative estimate of drug-likeness (QED) is 0.866. The van der Waals surface area contributed by atoms with Gasteiger partial charge in [0.15, 0.2) is 0 Å². The molecule has 2 fully saturated rings. The molecule has 1 aromatic rings. The summed E-state index contributed by atoms with van der Waals surface area (Å²) < 4.78 is 2.11. The summed E-state index contributed by atoms with van der Waals surface area (Å²) in [5.41, 5.74) is 0. The second-order valence-electron chi connectivity index (χ2n) is 5.80. The molecule has 0 amide bonds. The molecule has 1 N–H and O–H groups in total. The van der Waals surface area contributed by atoms with E-state index in [2.05, 4.69) is 21.9 Å². The van der Waals surface area contributed by atoms with E-state index in [0.29, 0.717) is 0 Å². The number of aryl methyl sites for hydroxylation is 1. The number of rotatable bonds is 4. The van der Waals surface area contributed by atoms with Gasteiger partial charge in [-0.1, -0.05) is 12.8 Å². The average Bonchev–Trinajstić information content (AvgIpc) is 3.12. The fourth-order valence-electron chi connectivity index (χ4n) is 3.21. The van der Waals surface area contributed by atoms with Gasteiger partial charge in [0, 0.05) is 25.5 Å². The molecule has 1 aromatic heterocycles. The van der Waals surface area contributed by atoms with E-state index in [1.807, 2.05) is 12.4 Å². The maximum atomic E-state index is 4.37. The molecule has 3 heteroatoms. The summed E-state index contributed by atoms with van der Waals surface area (Å²) in [7, 11) is 2.07. The van der Waals surface area contributed by atoms with Gasteiger partial charge in [-0.2, -0.15) is 0 Å². The third-order valence-electron chi connectivity index (χ3n) is 4.47. The molecule has 0 spiro atoms. The van der Waals surface area contributed by atoms with Gasteiger partial charge in [0.1, 0.15) is 5.82 Å². The van der Waals surface area contributed by atoms with Crippen molar-refractivity contribution in [3.8, 4) is 0 Å². The number of nitrogens with zero attached hydrogens (tertiary/aromatic N) is 2. The molecule has 94 valence electrons. The Labute approximate surface area is 104 Å². The SMILES string of the molecule is Cn1ccnc1CNC1CCCC(C2CC2)C1. The lowest BCUT2D eigenvalue weighted by Gasteiger charge is -2.29. The molecule has 2 saturated carbocycles. The molecule has 2 unspecified atom stereocenters. The van der Waals surface area contributed by atoms with E-state index < -0.39 is 0 Å². The van der Waals surface area contributed by atoms with Crippen molar-refractivity contribution in [1.29, 1.82) is 0 Å². The van der Waals surface area contributed by atoms with Crippen LogP contribution in [0.25, 0.3) is 0 Å². The second kappa shape index (κ2) is 4.81. The summed E-state index contributed by atoms with van der Waals surface area (Å²) in [6, 6.07) is 0.728. The van der Waals surface area contributed by atoms with Gasteiger partial charge in [-0.05, 0) is 37.5 Å². The highest BCUT2D eigenvalue weighted by Gasteiger charge is 2.34. The molecule has 0 bridgehead atoms.